The second-order valence-electron chi connectivity index (χ2n) is 11.5. The molecule has 1 heterocycles. The van der Waals surface area contributed by atoms with E-state index in [1.807, 2.05) is 56.3 Å². The van der Waals surface area contributed by atoms with Crippen LogP contribution < -0.4 is 5.32 Å². The second-order valence-corrected chi connectivity index (χ2v) is 11.5. The van der Waals surface area contributed by atoms with Crippen molar-refractivity contribution in [3.05, 3.63) is 95.8 Å². The average Bonchev–Trinajstić information content (AvgIpc) is 2.98. The lowest BCUT2D eigenvalue weighted by Gasteiger charge is -2.36. The van der Waals surface area contributed by atoms with Crippen LogP contribution in [0.2, 0.25) is 0 Å². The molecule has 41 heavy (non-hydrogen) atoms. The molecule has 1 aliphatic rings. The van der Waals surface area contributed by atoms with Gasteiger partial charge in [-0.1, -0.05) is 67.6 Å². The van der Waals surface area contributed by atoms with Crippen molar-refractivity contribution in [1.29, 1.82) is 0 Å². The Bertz CT molecular complexity index is 1270. The zero-order valence-electron chi connectivity index (χ0n) is 24.6. The van der Waals surface area contributed by atoms with Gasteiger partial charge in [-0.15, -0.1) is 0 Å². The van der Waals surface area contributed by atoms with Gasteiger partial charge in [0.05, 0.1) is 12.5 Å². The van der Waals surface area contributed by atoms with Gasteiger partial charge >= 0.3 is 5.97 Å². The van der Waals surface area contributed by atoms with Crippen LogP contribution in [0.15, 0.2) is 78.9 Å². The van der Waals surface area contributed by atoms with E-state index >= 15 is 0 Å². The summed E-state index contributed by atoms with van der Waals surface area (Å²) in [5.74, 6) is -0.521. The van der Waals surface area contributed by atoms with Crippen molar-refractivity contribution in [1.82, 2.24) is 10.2 Å². The quantitative estimate of drug-likeness (QED) is 0.240. The molecule has 1 amide bonds. The van der Waals surface area contributed by atoms with Gasteiger partial charge in [0.2, 0.25) is 0 Å². The average molecular weight is 559 g/mol. The van der Waals surface area contributed by atoms with Crippen LogP contribution in [0.5, 0.6) is 0 Å². The second kappa shape index (κ2) is 14.4. The lowest BCUT2D eigenvalue weighted by Crippen LogP contribution is -2.45. The van der Waals surface area contributed by atoms with E-state index in [1.54, 1.807) is 12.1 Å². The number of carbonyl (C=O) groups excluding carboxylic acids is 2. The predicted molar refractivity (Wildman–Crippen MR) is 162 cm³/mol. The maximum atomic E-state index is 13.4. The molecule has 6 heteroatoms. The fourth-order valence-electron chi connectivity index (χ4n) is 5.98. The lowest BCUT2D eigenvalue weighted by molar-refractivity contribution is -0.149. The third kappa shape index (κ3) is 8.26. The highest BCUT2D eigenvalue weighted by Gasteiger charge is 2.34. The molecule has 0 saturated carbocycles. The topological polar surface area (TPSA) is 58.6 Å². The summed E-state index contributed by atoms with van der Waals surface area (Å²) in [6.07, 6.45) is 4.82. The fourth-order valence-corrected chi connectivity index (χ4v) is 5.98. The molecule has 0 aromatic heterocycles. The minimum absolute atomic E-state index is 0.0905. The Labute approximate surface area is 244 Å². The van der Waals surface area contributed by atoms with E-state index < -0.39 is 0 Å². The number of nitrogens with one attached hydrogen (secondary N) is 1. The van der Waals surface area contributed by atoms with Gasteiger partial charge in [-0.25, -0.2) is 4.39 Å². The molecule has 0 spiro atoms. The van der Waals surface area contributed by atoms with Crippen molar-refractivity contribution in [2.24, 2.45) is 0 Å². The summed E-state index contributed by atoms with van der Waals surface area (Å²) >= 11 is 0. The summed E-state index contributed by atoms with van der Waals surface area (Å²) in [7, 11) is 0. The molecule has 5 nitrogen and oxygen atoms in total. The van der Waals surface area contributed by atoms with E-state index in [0.717, 1.165) is 62.9 Å². The number of esters is 1. The van der Waals surface area contributed by atoms with Crippen molar-refractivity contribution < 1.29 is 18.7 Å². The van der Waals surface area contributed by atoms with Crippen molar-refractivity contribution in [3.63, 3.8) is 0 Å². The van der Waals surface area contributed by atoms with Gasteiger partial charge in [-0.3, -0.25) is 9.59 Å². The minimum atomic E-state index is -0.295. The first kappa shape index (κ1) is 30.4. The number of nitrogens with zero attached hydrogens (tertiary/aromatic N) is 1. The molecule has 1 fully saturated rings. The summed E-state index contributed by atoms with van der Waals surface area (Å²) in [5, 5.41) is 3.23. The lowest BCUT2D eigenvalue weighted by atomic mass is 9.72. The van der Waals surface area contributed by atoms with Crippen LogP contribution in [0.3, 0.4) is 0 Å². The number of piperidine rings is 1. The maximum absolute atomic E-state index is 13.4. The van der Waals surface area contributed by atoms with Crippen LogP contribution in [0.1, 0.15) is 75.2 Å². The third-order valence-corrected chi connectivity index (χ3v) is 8.29. The number of likely N-dealkylation sites (tertiary alicyclic amines) is 1. The van der Waals surface area contributed by atoms with Crippen LogP contribution in [-0.2, 0) is 14.9 Å². The fraction of sp³-hybridized carbons (Fsp3) is 0.429. The Morgan fingerprint density at radius 2 is 1.63 bits per heavy atom. The van der Waals surface area contributed by atoms with E-state index in [9.17, 15) is 14.0 Å². The van der Waals surface area contributed by atoms with Crippen LogP contribution in [0, 0.1) is 5.82 Å². The highest BCUT2D eigenvalue weighted by Crippen LogP contribution is 2.37. The van der Waals surface area contributed by atoms with E-state index in [1.165, 1.54) is 17.7 Å². The highest BCUT2D eigenvalue weighted by atomic mass is 19.1. The number of hydrogen-bond acceptors (Lipinski definition) is 4. The number of ether oxygens (including phenoxy) is 1. The molecule has 4 rings (SSSR count). The maximum Gasteiger partial charge on any atom is 0.306 e. The van der Waals surface area contributed by atoms with Crippen molar-refractivity contribution in [2.45, 2.75) is 76.9 Å². The number of carbonyl (C=O) groups is 2. The van der Waals surface area contributed by atoms with E-state index in [0.29, 0.717) is 12.0 Å². The Hall–Kier alpha value is -3.51. The number of amides is 1. The molecule has 1 aliphatic heterocycles. The molecule has 1 atom stereocenters. The normalized spacial score (nSPS) is 15.8. The highest BCUT2D eigenvalue weighted by molar-refractivity contribution is 6.01. The van der Waals surface area contributed by atoms with Gasteiger partial charge < -0.3 is 15.0 Å². The largest absolute Gasteiger partial charge is 0.463 e. The summed E-state index contributed by atoms with van der Waals surface area (Å²) in [6.45, 7) is 8.75. The van der Waals surface area contributed by atoms with E-state index in [-0.39, 0.29) is 35.3 Å². The first-order chi connectivity index (χ1) is 19.8. The number of hydrogen-bond donors (Lipinski definition) is 1. The molecule has 218 valence electrons. The Morgan fingerprint density at radius 3 is 2.29 bits per heavy atom. The van der Waals surface area contributed by atoms with Crippen molar-refractivity contribution in [2.75, 3.05) is 19.6 Å². The van der Waals surface area contributed by atoms with Gasteiger partial charge in [0, 0.05) is 30.1 Å². The summed E-state index contributed by atoms with van der Waals surface area (Å²) in [4.78, 5) is 28.4. The SMILES string of the molecule is CCC(CCCN1CCC(NC(=O)c2ccccc2-c2ccc(F)cc2)CC1)(CC(=O)OC(C)C)c1ccccc1. The van der Waals surface area contributed by atoms with E-state index in [4.69, 9.17) is 4.74 Å². The summed E-state index contributed by atoms with van der Waals surface area (Å²) in [6, 6.07) is 24.2. The predicted octanol–water partition coefficient (Wildman–Crippen LogP) is 7.16. The first-order valence-electron chi connectivity index (χ1n) is 14.9. The Kier molecular flexibility index (Phi) is 10.7. The molecule has 1 saturated heterocycles. The monoisotopic (exact) mass is 558 g/mol. The molecule has 1 unspecified atom stereocenters. The van der Waals surface area contributed by atoms with Crippen LogP contribution >= 0.6 is 0 Å². The molecule has 0 radical (unpaired) electrons. The Balaban J connectivity index is 1.31. The number of halogens is 1. The third-order valence-electron chi connectivity index (χ3n) is 8.29. The van der Waals surface area contributed by atoms with Crippen LogP contribution in [-0.4, -0.2) is 48.6 Å². The summed E-state index contributed by atoms with van der Waals surface area (Å²) < 4.78 is 19.0. The first-order valence-corrected chi connectivity index (χ1v) is 14.9. The van der Waals surface area contributed by atoms with Gasteiger partial charge in [-0.05, 0) is 87.4 Å². The van der Waals surface area contributed by atoms with Crippen LogP contribution in [0.4, 0.5) is 4.39 Å². The molecule has 1 N–H and O–H groups in total. The zero-order valence-corrected chi connectivity index (χ0v) is 24.6. The van der Waals surface area contributed by atoms with E-state index in [2.05, 4.69) is 29.3 Å². The van der Waals surface area contributed by atoms with Crippen molar-refractivity contribution >= 4 is 11.9 Å². The van der Waals surface area contributed by atoms with Gasteiger partial charge in [0.1, 0.15) is 5.82 Å². The van der Waals surface area contributed by atoms with Crippen LogP contribution in [0.25, 0.3) is 11.1 Å². The number of rotatable bonds is 12. The standard InChI is InChI=1S/C35H43FN2O3/c1-4-35(25-33(39)41-26(2)3,28-11-6-5-7-12-28)21-10-22-38-23-19-30(20-24-38)37-34(40)32-14-9-8-13-31(32)27-15-17-29(36)18-16-27/h5-9,11-18,26,30H,4,10,19-25H2,1-3H3,(H,37,40). The van der Waals surface area contributed by atoms with Gasteiger partial charge in [0.15, 0.2) is 0 Å². The van der Waals surface area contributed by atoms with Gasteiger partial charge in [0.25, 0.3) is 5.91 Å². The molecule has 0 bridgehead atoms. The summed E-state index contributed by atoms with van der Waals surface area (Å²) in [5.41, 5.74) is 3.19. The molecule has 0 aliphatic carbocycles. The van der Waals surface area contributed by atoms with Gasteiger partial charge in [-0.2, -0.15) is 0 Å². The molecule has 3 aromatic carbocycles. The number of benzene rings is 3. The Morgan fingerprint density at radius 1 is 0.976 bits per heavy atom. The molecular formula is C35H43FN2O3. The zero-order chi connectivity index (χ0) is 29.2. The smallest absolute Gasteiger partial charge is 0.306 e. The van der Waals surface area contributed by atoms with Crippen molar-refractivity contribution in [3.8, 4) is 11.1 Å². The molecule has 3 aromatic rings. The molecular weight excluding hydrogens is 515 g/mol. The minimum Gasteiger partial charge on any atom is -0.463 e.